The molecule has 0 aliphatic rings. The summed E-state index contributed by atoms with van der Waals surface area (Å²) in [5, 5.41) is 9.32. The highest BCUT2D eigenvalue weighted by Crippen LogP contribution is 2.29. The minimum atomic E-state index is -4.42. The van der Waals surface area contributed by atoms with Crippen LogP contribution in [0.15, 0.2) is 48.5 Å². The predicted molar refractivity (Wildman–Crippen MR) is 87.7 cm³/mol. The second-order valence-corrected chi connectivity index (χ2v) is 6.07. The first-order valence-electron chi connectivity index (χ1n) is 7.82. The first-order chi connectivity index (χ1) is 11.7. The van der Waals surface area contributed by atoms with Gasteiger partial charge in [-0.05, 0) is 41.3 Å². The maximum Gasteiger partial charge on any atom is 0.416 e. The van der Waals surface area contributed by atoms with Crippen molar-refractivity contribution in [2.45, 2.75) is 38.5 Å². The van der Waals surface area contributed by atoms with Gasteiger partial charge in [-0.1, -0.05) is 38.1 Å². The summed E-state index contributed by atoms with van der Waals surface area (Å²) in [6.45, 7) is 4.08. The lowest BCUT2D eigenvalue weighted by atomic mass is 10.0. The van der Waals surface area contributed by atoms with Crippen LogP contribution in [0.1, 0.15) is 36.5 Å². The summed E-state index contributed by atoms with van der Waals surface area (Å²) in [6.07, 6.45) is -5.62. The summed E-state index contributed by atoms with van der Waals surface area (Å²) in [7, 11) is 0. The van der Waals surface area contributed by atoms with Crippen LogP contribution in [0.4, 0.5) is 13.2 Å². The summed E-state index contributed by atoms with van der Waals surface area (Å²) in [6, 6.07) is 11.5. The molecule has 0 saturated carbocycles. The zero-order valence-electron chi connectivity index (χ0n) is 13.9. The fourth-order valence-electron chi connectivity index (χ4n) is 2.32. The molecule has 0 unspecified atom stereocenters. The molecule has 0 aliphatic carbocycles. The standard InChI is InChI=1S/C19H19F3O3/c1-12(2)14-5-9-16(10-6-14)25-17(18(23)24)11-13-3-7-15(8-4-13)19(20,21)22/h3-10,12,17H,11H2,1-2H3,(H,23,24)/t17-/m0/s1. The summed E-state index contributed by atoms with van der Waals surface area (Å²) in [5.41, 5.74) is 0.787. The van der Waals surface area contributed by atoms with E-state index in [1.165, 1.54) is 12.1 Å². The number of alkyl halides is 3. The van der Waals surface area contributed by atoms with Crippen LogP contribution in [-0.2, 0) is 17.4 Å². The minimum absolute atomic E-state index is 0.0284. The molecule has 0 heterocycles. The lowest BCUT2D eigenvalue weighted by molar-refractivity contribution is -0.145. The number of carboxylic acid groups (broad SMARTS) is 1. The van der Waals surface area contributed by atoms with Crippen molar-refractivity contribution < 1.29 is 27.8 Å². The SMILES string of the molecule is CC(C)c1ccc(O[C@@H](Cc2ccc(C(F)(F)F)cc2)C(=O)O)cc1. The quantitative estimate of drug-likeness (QED) is 0.804. The average Bonchev–Trinajstić information content (AvgIpc) is 2.54. The Labute approximate surface area is 144 Å². The van der Waals surface area contributed by atoms with Crippen molar-refractivity contribution in [2.75, 3.05) is 0 Å². The molecule has 2 aromatic rings. The van der Waals surface area contributed by atoms with E-state index in [2.05, 4.69) is 0 Å². The highest BCUT2D eigenvalue weighted by Gasteiger charge is 2.30. The number of hydrogen-bond acceptors (Lipinski definition) is 2. The number of aliphatic carboxylic acids is 1. The van der Waals surface area contributed by atoms with E-state index in [0.29, 0.717) is 17.2 Å². The third-order valence-electron chi connectivity index (χ3n) is 3.80. The van der Waals surface area contributed by atoms with E-state index in [-0.39, 0.29) is 6.42 Å². The molecule has 1 N–H and O–H groups in total. The molecule has 1 atom stereocenters. The lowest BCUT2D eigenvalue weighted by Gasteiger charge is -2.16. The van der Waals surface area contributed by atoms with Gasteiger partial charge in [0.15, 0.2) is 6.10 Å². The van der Waals surface area contributed by atoms with Crippen molar-refractivity contribution in [3.05, 3.63) is 65.2 Å². The molecule has 0 amide bonds. The first kappa shape index (κ1) is 18.8. The van der Waals surface area contributed by atoms with Crippen LogP contribution in [0, 0.1) is 0 Å². The molecule has 0 aromatic heterocycles. The molecule has 3 nitrogen and oxygen atoms in total. The summed E-state index contributed by atoms with van der Waals surface area (Å²) < 4.78 is 43.2. The maximum atomic E-state index is 12.6. The van der Waals surface area contributed by atoms with Crippen LogP contribution in [0.3, 0.4) is 0 Å². The third-order valence-corrected chi connectivity index (χ3v) is 3.80. The van der Waals surface area contributed by atoms with Crippen molar-refractivity contribution >= 4 is 5.97 Å². The number of ether oxygens (including phenoxy) is 1. The van der Waals surface area contributed by atoms with E-state index in [1.807, 2.05) is 26.0 Å². The van der Waals surface area contributed by atoms with Crippen LogP contribution in [0.25, 0.3) is 0 Å². The van der Waals surface area contributed by atoms with E-state index >= 15 is 0 Å². The third kappa shape index (κ3) is 5.24. The summed E-state index contributed by atoms with van der Waals surface area (Å²) in [5.74, 6) is -0.423. The van der Waals surface area contributed by atoms with E-state index in [0.717, 1.165) is 17.7 Å². The fraction of sp³-hybridized carbons (Fsp3) is 0.316. The zero-order valence-corrected chi connectivity index (χ0v) is 13.9. The van der Waals surface area contributed by atoms with Crippen molar-refractivity contribution in [3.8, 4) is 5.75 Å². The van der Waals surface area contributed by atoms with Gasteiger partial charge in [0.25, 0.3) is 0 Å². The molecule has 2 rings (SSSR count). The second-order valence-electron chi connectivity index (χ2n) is 6.07. The number of carbonyl (C=O) groups is 1. The number of benzene rings is 2. The summed E-state index contributed by atoms with van der Waals surface area (Å²) in [4.78, 5) is 11.4. The van der Waals surface area contributed by atoms with Gasteiger partial charge in [0.05, 0.1) is 5.56 Å². The van der Waals surface area contributed by atoms with Crippen LogP contribution in [0.5, 0.6) is 5.75 Å². The second kappa shape index (κ2) is 7.59. The van der Waals surface area contributed by atoms with Gasteiger partial charge in [-0.15, -0.1) is 0 Å². The Bertz CT molecular complexity index is 704. The zero-order chi connectivity index (χ0) is 18.6. The van der Waals surface area contributed by atoms with E-state index < -0.39 is 23.8 Å². The first-order valence-corrected chi connectivity index (χ1v) is 7.82. The number of rotatable bonds is 6. The molecule has 25 heavy (non-hydrogen) atoms. The monoisotopic (exact) mass is 352 g/mol. The Morgan fingerprint density at radius 2 is 1.60 bits per heavy atom. The molecule has 6 heteroatoms. The summed E-state index contributed by atoms with van der Waals surface area (Å²) >= 11 is 0. The van der Waals surface area contributed by atoms with Crippen molar-refractivity contribution in [3.63, 3.8) is 0 Å². The van der Waals surface area contributed by atoms with E-state index in [4.69, 9.17) is 4.74 Å². The van der Waals surface area contributed by atoms with Gasteiger partial charge < -0.3 is 9.84 Å². The Balaban J connectivity index is 2.09. The van der Waals surface area contributed by atoms with Crippen molar-refractivity contribution in [2.24, 2.45) is 0 Å². The number of halogens is 3. The van der Waals surface area contributed by atoms with E-state index in [9.17, 15) is 23.1 Å². The maximum absolute atomic E-state index is 12.6. The molecule has 0 spiro atoms. The Morgan fingerprint density at radius 1 is 1.04 bits per heavy atom. The highest BCUT2D eigenvalue weighted by molar-refractivity contribution is 5.73. The molecule has 134 valence electrons. The van der Waals surface area contributed by atoms with Gasteiger partial charge in [-0.3, -0.25) is 0 Å². The van der Waals surface area contributed by atoms with Gasteiger partial charge in [0.2, 0.25) is 0 Å². The number of carboxylic acids is 1. The van der Waals surface area contributed by atoms with Gasteiger partial charge in [0.1, 0.15) is 5.75 Å². The Morgan fingerprint density at radius 3 is 2.04 bits per heavy atom. The van der Waals surface area contributed by atoms with Crippen molar-refractivity contribution in [1.82, 2.24) is 0 Å². The number of hydrogen-bond donors (Lipinski definition) is 1. The van der Waals surface area contributed by atoms with Gasteiger partial charge in [-0.2, -0.15) is 13.2 Å². The van der Waals surface area contributed by atoms with Crippen LogP contribution in [-0.4, -0.2) is 17.2 Å². The molecule has 0 fully saturated rings. The van der Waals surface area contributed by atoms with Gasteiger partial charge >= 0.3 is 12.1 Å². The smallest absolute Gasteiger partial charge is 0.416 e. The van der Waals surface area contributed by atoms with Crippen LogP contribution >= 0.6 is 0 Å². The molecule has 0 radical (unpaired) electrons. The molecule has 2 aromatic carbocycles. The lowest BCUT2D eigenvalue weighted by Crippen LogP contribution is -2.29. The van der Waals surface area contributed by atoms with Gasteiger partial charge in [-0.25, -0.2) is 4.79 Å². The molecular formula is C19H19F3O3. The predicted octanol–water partition coefficient (Wildman–Crippen LogP) is 4.90. The van der Waals surface area contributed by atoms with Gasteiger partial charge in [0, 0.05) is 6.42 Å². The Kier molecular flexibility index (Phi) is 5.72. The Hall–Kier alpha value is -2.50. The van der Waals surface area contributed by atoms with Crippen LogP contribution < -0.4 is 4.74 Å². The highest BCUT2D eigenvalue weighted by atomic mass is 19.4. The molecular weight excluding hydrogens is 333 g/mol. The van der Waals surface area contributed by atoms with Crippen LogP contribution in [0.2, 0.25) is 0 Å². The normalized spacial score (nSPS) is 12.9. The minimum Gasteiger partial charge on any atom is -0.478 e. The molecule has 0 aliphatic heterocycles. The fourth-order valence-corrected chi connectivity index (χ4v) is 2.32. The average molecular weight is 352 g/mol. The topological polar surface area (TPSA) is 46.5 Å². The molecule has 0 bridgehead atoms. The van der Waals surface area contributed by atoms with Crippen molar-refractivity contribution in [1.29, 1.82) is 0 Å². The largest absolute Gasteiger partial charge is 0.478 e. The van der Waals surface area contributed by atoms with E-state index in [1.54, 1.807) is 12.1 Å². The molecule has 0 saturated heterocycles.